The Morgan fingerprint density at radius 3 is 2.54 bits per heavy atom. The molecule has 1 atom stereocenters. The van der Waals surface area contributed by atoms with Crippen LogP contribution in [0.5, 0.6) is 0 Å². The van der Waals surface area contributed by atoms with Gasteiger partial charge in [-0.25, -0.2) is 0 Å². The summed E-state index contributed by atoms with van der Waals surface area (Å²) in [6.07, 6.45) is 0. The van der Waals surface area contributed by atoms with Crippen LogP contribution in [0.3, 0.4) is 0 Å². The van der Waals surface area contributed by atoms with Gasteiger partial charge < -0.3 is 14.1 Å². The molecule has 3 aromatic rings. The number of carbonyl (C=O) groups is 1. The average Bonchev–Trinajstić information content (AvgIpc) is 2.95. The molecule has 0 radical (unpaired) electrons. The first-order valence-corrected chi connectivity index (χ1v) is 9.43. The van der Waals surface area contributed by atoms with E-state index in [2.05, 4.69) is 0 Å². The fourth-order valence-electron chi connectivity index (χ4n) is 3.66. The maximum absolute atomic E-state index is 13.4. The van der Waals surface area contributed by atoms with Gasteiger partial charge in [0.1, 0.15) is 5.58 Å². The summed E-state index contributed by atoms with van der Waals surface area (Å²) in [6, 6.07) is 10.6. The van der Waals surface area contributed by atoms with Crippen LogP contribution < -0.4 is 5.43 Å². The van der Waals surface area contributed by atoms with Crippen LogP contribution in [0.25, 0.3) is 11.0 Å². The summed E-state index contributed by atoms with van der Waals surface area (Å²) < 4.78 is 11.1. The molecule has 4 rings (SSSR count). The molecule has 0 spiro atoms. The Bertz CT molecular complexity index is 1130. The van der Waals surface area contributed by atoms with Gasteiger partial charge >= 0.3 is 0 Å². The van der Waals surface area contributed by atoms with Crippen LogP contribution in [0.15, 0.2) is 45.6 Å². The number of benzene rings is 2. The summed E-state index contributed by atoms with van der Waals surface area (Å²) in [5.74, 6) is -0.204. The van der Waals surface area contributed by atoms with Crippen LogP contribution in [0.1, 0.15) is 38.9 Å². The van der Waals surface area contributed by atoms with Crippen molar-refractivity contribution in [3.8, 4) is 0 Å². The van der Waals surface area contributed by atoms with Crippen molar-refractivity contribution in [1.29, 1.82) is 0 Å². The van der Waals surface area contributed by atoms with Gasteiger partial charge in [-0.2, -0.15) is 0 Å². The second-order valence-corrected chi connectivity index (χ2v) is 7.48. The molecule has 0 bridgehead atoms. The number of ether oxygens (including phenoxy) is 1. The topological polar surface area (TPSA) is 59.8 Å². The standard InChI is InChI=1S/C22H20ClNO4/c1-12-4-6-14(7-5-12)19-18-20(25)15-11-16(23)13(2)10-17(15)28-21(18)22(26)24(19)8-9-27-3/h4-7,10-11,19H,8-9H2,1-3H3. The molecule has 1 amide bonds. The van der Waals surface area contributed by atoms with Crippen molar-refractivity contribution >= 4 is 28.5 Å². The number of rotatable bonds is 4. The first-order valence-electron chi connectivity index (χ1n) is 9.05. The zero-order valence-corrected chi connectivity index (χ0v) is 16.7. The van der Waals surface area contributed by atoms with E-state index in [9.17, 15) is 9.59 Å². The Hall–Kier alpha value is -2.63. The third-order valence-electron chi connectivity index (χ3n) is 5.18. The zero-order valence-electron chi connectivity index (χ0n) is 15.9. The minimum atomic E-state index is -0.515. The lowest BCUT2D eigenvalue weighted by Crippen LogP contribution is -2.32. The molecule has 2 heterocycles. The number of halogens is 1. The second-order valence-electron chi connectivity index (χ2n) is 7.08. The van der Waals surface area contributed by atoms with E-state index in [1.165, 1.54) is 0 Å². The summed E-state index contributed by atoms with van der Waals surface area (Å²) in [7, 11) is 1.58. The van der Waals surface area contributed by atoms with E-state index < -0.39 is 6.04 Å². The summed E-state index contributed by atoms with van der Waals surface area (Å²) >= 11 is 6.23. The molecule has 2 aromatic carbocycles. The first-order chi connectivity index (χ1) is 13.4. The molecular formula is C22H20ClNO4. The number of methoxy groups -OCH3 is 1. The van der Waals surface area contributed by atoms with E-state index in [1.54, 1.807) is 24.1 Å². The van der Waals surface area contributed by atoms with Crippen LogP contribution in [-0.2, 0) is 4.74 Å². The predicted molar refractivity (Wildman–Crippen MR) is 108 cm³/mol. The maximum atomic E-state index is 13.4. The summed E-state index contributed by atoms with van der Waals surface area (Å²) in [4.78, 5) is 28.1. The molecule has 0 aliphatic carbocycles. The van der Waals surface area contributed by atoms with Crippen LogP contribution >= 0.6 is 11.6 Å². The zero-order chi connectivity index (χ0) is 20.0. The smallest absolute Gasteiger partial charge is 0.290 e. The molecule has 1 unspecified atom stereocenters. The molecule has 5 nitrogen and oxygen atoms in total. The lowest BCUT2D eigenvalue weighted by molar-refractivity contribution is 0.0663. The van der Waals surface area contributed by atoms with Crippen LogP contribution in [-0.4, -0.2) is 31.1 Å². The summed E-state index contributed by atoms with van der Waals surface area (Å²) in [5, 5.41) is 0.875. The SMILES string of the molecule is COCCN1C(=O)c2oc3cc(C)c(Cl)cc3c(=O)c2C1c1ccc(C)cc1. The molecule has 0 fully saturated rings. The van der Waals surface area contributed by atoms with Gasteiger partial charge in [-0.15, -0.1) is 0 Å². The van der Waals surface area contributed by atoms with Gasteiger partial charge in [-0.05, 0) is 37.1 Å². The molecule has 0 saturated heterocycles. The Balaban J connectivity index is 1.98. The molecule has 144 valence electrons. The summed E-state index contributed by atoms with van der Waals surface area (Å²) in [6.45, 7) is 4.54. The van der Waals surface area contributed by atoms with Crippen LogP contribution in [0, 0.1) is 13.8 Å². The van der Waals surface area contributed by atoms with Gasteiger partial charge in [-0.3, -0.25) is 9.59 Å². The molecule has 6 heteroatoms. The van der Waals surface area contributed by atoms with Crippen LogP contribution in [0.2, 0.25) is 5.02 Å². The molecule has 1 aliphatic rings. The lowest BCUT2D eigenvalue weighted by atomic mass is 9.97. The maximum Gasteiger partial charge on any atom is 0.290 e. The van der Waals surface area contributed by atoms with Crippen molar-refractivity contribution in [1.82, 2.24) is 4.90 Å². The Morgan fingerprint density at radius 2 is 1.86 bits per heavy atom. The third kappa shape index (κ3) is 2.91. The van der Waals surface area contributed by atoms with Crippen molar-refractivity contribution in [2.24, 2.45) is 0 Å². The molecular weight excluding hydrogens is 378 g/mol. The Labute approximate surface area is 167 Å². The van der Waals surface area contributed by atoms with Crippen molar-refractivity contribution in [3.05, 3.63) is 79.7 Å². The highest BCUT2D eigenvalue weighted by Crippen LogP contribution is 2.38. The van der Waals surface area contributed by atoms with Gasteiger partial charge in [0.25, 0.3) is 5.91 Å². The number of hydrogen-bond acceptors (Lipinski definition) is 4. The van der Waals surface area contributed by atoms with E-state index in [0.29, 0.717) is 34.7 Å². The highest BCUT2D eigenvalue weighted by molar-refractivity contribution is 6.32. The number of carbonyl (C=O) groups excluding carboxylic acids is 1. The van der Waals surface area contributed by atoms with Crippen LogP contribution in [0.4, 0.5) is 0 Å². The lowest BCUT2D eigenvalue weighted by Gasteiger charge is -2.24. The van der Waals surface area contributed by atoms with Crippen molar-refractivity contribution < 1.29 is 13.9 Å². The summed E-state index contributed by atoms with van der Waals surface area (Å²) in [5.41, 5.74) is 3.25. The molecule has 1 aromatic heterocycles. The van der Waals surface area contributed by atoms with Gasteiger partial charge in [0, 0.05) is 18.7 Å². The molecule has 1 aliphatic heterocycles. The molecule has 0 saturated carbocycles. The Kier molecular flexibility index (Phi) is 4.73. The fourth-order valence-corrected chi connectivity index (χ4v) is 3.82. The van der Waals surface area contributed by atoms with Gasteiger partial charge in [0.2, 0.25) is 5.76 Å². The van der Waals surface area contributed by atoms with Crippen molar-refractivity contribution in [2.75, 3.05) is 20.3 Å². The minimum Gasteiger partial charge on any atom is -0.450 e. The number of amides is 1. The van der Waals surface area contributed by atoms with E-state index in [-0.39, 0.29) is 17.1 Å². The second kappa shape index (κ2) is 7.08. The average molecular weight is 398 g/mol. The van der Waals surface area contributed by atoms with Gasteiger partial charge in [0.05, 0.1) is 23.6 Å². The van der Waals surface area contributed by atoms with Gasteiger partial charge in [-0.1, -0.05) is 41.4 Å². The largest absolute Gasteiger partial charge is 0.450 e. The van der Waals surface area contributed by atoms with E-state index in [4.69, 9.17) is 20.8 Å². The van der Waals surface area contributed by atoms with E-state index in [0.717, 1.165) is 16.7 Å². The van der Waals surface area contributed by atoms with E-state index in [1.807, 2.05) is 38.1 Å². The highest BCUT2D eigenvalue weighted by atomic mass is 35.5. The predicted octanol–water partition coefficient (Wildman–Crippen LogP) is 4.25. The Morgan fingerprint density at radius 1 is 1.14 bits per heavy atom. The van der Waals surface area contributed by atoms with E-state index >= 15 is 0 Å². The number of hydrogen-bond donors (Lipinski definition) is 0. The number of aryl methyl sites for hydroxylation is 2. The number of fused-ring (bicyclic) bond motifs is 2. The fraction of sp³-hybridized carbons (Fsp3) is 0.273. The van der Waals surface area contributed by atoms with Gasteiger partial charge in [0.15, 0.2) is 5.43 Å². The quantitative estimate of drug-likeness (QED) is 0.660. The van der Waals surface area contributed by atoms with Crippen molar-refractivity contribution in [3.63, 3.8) is 0 Å². The molecule has 0 N–H and O–H groups in total. The van der Waals surface area contributed by atoms with Crippen molar-refractivity contribution in [2.45, 2.75) is 19.9 Å². The third-order valence-corrected chi connectivity index (χ3v) is 5.58. The normalized spacial score (nSPS) is 16.1. The first kappa shape index (κ1) is 18.7. The number of nitrogens with zero attached hydrogens (tertiary/aromatic N) is 1. The monoisotopic (exact) mass is 397 g/mol. The molecule has 28 heavy (non-hydrogen) atoms. The highest BCUT2D eigenvalue weighted by Gasteiger charge is 2.42. The minimum absolute atomic E-state index is 0.0981.